The van der Waals surface area contributed by atoms with Crippen molar-refractivity contribution in [3.63, 3.8) is 0 Å². The number of benzene rings is 1. The number of hydrogen-bond acceptors (Lipinski definition) is 3. The van der Waals surface area contributed by atoms with Crippen LogP contribution >= 0.6 is 0 Å². The molecule has 1 atom stereocenters. The Hall–Kier alpha value is -1.39. The van der Waals surface area contributed by atoms with Crippen LogP contribution in [0, 0.1) is 0 Å². The normalized spacial score (nSPS) is 24.9. The summed E-state index contributed by atoms with van der Waals surface area (Å²) in [5, 5.41) is 9.61. The summed E-state index contributed by atoms with van der Waals surface area (Å²) >= 11 is 0. The van der Waals surface area contributed by atoms with Gasteiger partial charge in [-0.2, -0.15) is 0 Å². The van der Waals surface area contributed by atoms with Gasteiger partial charge in [-0.05, 0) is 30.4 Å². The molecule has 1 N–H and O–H groups in total. The summed E-state index contributed by atoms with van der Waals surface area (Å²) in [4.78, 5) is 13.9. The van der Waals surface area contributed by atoms with Crippen LogP contribution in [0.1, 0.15) is 30.0 Å². The molecule has 1 fully saturated rings. The van der Waals surface area contributed by atoms with E-state index in [0.717, 1.165) is 44.6 Å². The predicted octanol–water partition coefficient (Wildman–Crippen LogP) is 1.85. The van der Waals surface area contributed by atoms with Crippen LogP contribution in [-0.2, 0) is 16.0 Å². The van der Waals surface area contributed by atoms with E-state index in [1.54, 1.807) is 0 Å². The number of carboxylic acid groups (broad SMARTS) is 1. The number of hydrogen-bond donors (Lipinski definition) is 1. The molecule has 2 aliphatic rings. The van der Waals surface area contributed by atoms with E-state index in [9.17, 15) is 9.90 Å². The number of nitrogens with zero attached hydrogens (tertiary/aromatic N) is 1. The van der Waals surface area contributed by atoms with E-state index in [4.69, 9.17) is 4.74 Å². The van der Waals surface area contributed by atoms with Gasteiger partial charge >= 0.3 is 5.97 Å². The summed E-state index contributed by atoms with van der Waals surface area (Å²) in [6.45, 7) is 2.32. The maximum Gasteiger partial charge on any atom is 0.325 e. The molecule has 1 aromatic rings. The SMILES string of the molecule is O=C(O)C1c2ccccc2CCN1C1CCOCC1. The van der Waals surface area contributed by atoms with Crippen LogP contribution < -0.4 is 0 Å². The van der Waals surface area contributed by atoms with Crippen molar-refractivity contribution in [1.82, 2.24) is 4.90 Å². The topological polar surface area (TPSA) is 49.8 Å². The van der Waals surface area contributed by atoms with E-state index in [1.165, 1.54) is 5.56 Å². The van der Waals surface area contributed by atoms with E-state index in [2.05, 4.69) is 4.90 Å². The Labute approximate surface area is 113 Å². The monoisotopic (exact) mass is 261 g/mol. The lowest BCUT2D eigenvalue weighted by atomic mass is 9.90. The Bertz CT molecular complexity index is 468. The van der Waals surface area contributed by atoms with Gasteiger partial charge in [0.15, 0.2) is 0 Å². The summed E-state index contributed by atoms with van der Waals surface area (Å²) in [5.41, 5.74) is 2.14. The highest BCUT2D eigenvalue weighted by molar-refractivity contribution is 5.76. The first kappa shape index (κ1) is 12.6. The van der Waals surface area contributed by atoms with Crippen molar-refractivity contribution in [3.8, 4) is 0 Å². The van der Waals surface area contributed by atoms with Gasteiger partial charge in [0.2, 0.25) is 0 Å². The standard InChI is InChI=1S/C15H19NO3/c17-15(18)14-13-4-2-1-3-11(13)5-8-16(14)12-6-9-19-10-7-12/h1-4,12,14H,5-10H2,(H,17,18). The average molecular weight is 261 g/mol. The molecule has 3 rings (SSSR count). The first-order chi connectivity index (χ1) is 9.27. The van der Waals surface area contributed by atoms with Crippen LogP contribution in [-0.4, -0.2) is 41.8 Å². The minimum absolute atomic E-state index is 0.336. The van der Waals surface area contributed by atoms with Crippen LogP contribution in [0.3, 0.4) is 0 Å². The summed E-state index contributed by atoms with van der Waals surface area (Å²) in [6.07, 6.45) is 2.81. The molecule has 102 valence electrons. The van der Waals surface area contributed by atoms with Gasteiger partial charge in [0, 0.05) is 25.8 Å². The minimum atomic E-state index is -0.737. The molecule has 0 saturated carbocycles. The Balaban J connectivity index is 1.91. The van der Waals surface area contributed by atoms with Gasteiger partial charge < -0.3 is 9.84 Å². The Morgan fingerprint density at radius 2 is 2.00 bits per heavy atom. The molecule has 0 aromatic heterocycles. The number of carboxylic acids is 1. The fraction of sp³-hybridized carbons (Fsp3) is 0.533. The summed E-state index contributed by atoms with van der Waals surface area (Å²) in [5.74, 6) is -0.737. The summed E-state index contributed by atoms with van der Waals surface area (Å²) in [6, 6.07) is 7.77. The molecule has 2 aliphatic heterocycles. The van der Waals surface area contributed by atoms with Gasteiger partial charge in [-0.1, -0.05) is 24.3 Å². The van der Waals surface area contributed by atoms with Gasteiger partial charge in [-0.15, -0.1) is 0 Å². The van der Waals surface area contributed by atoms with Gasteiger partial charge in [0.25, 0.3) is 0 Å². The van der Waals surface area contributed by atoms with Gasteiger partial charge in [0.1, 0.15) is 6.04 Å². The second-order valence-corrected chi connectivity index (χ2v) is 5.27. The average Bonchev–Trinajstić information content (AvgIpc) is 2.46. The van der Waals surface area contributed by atoms with Crippen LogP contribution in [0.15, 0.2) is 24.3 Å². The van der Waals surface area contributed by atoms with Crippen LogP contribution in [0.4, 0.5) is 0 Å². The van der Waals surface area contributed by atoms with Crippen molar-refractivity contribution in [3.05, 3.63) is 35.4 Å². The maximum absolute atomic E-state index is 11.7. The smallest absolute Gasteiger partial charge is 0.325 e. The molecule has 0 spiro atoms. The van der Waals surface area contributed by atoms with Gasteiger partial charge in [-0.3, -0.25) is 9.69 Å². The number of ether oxygens (including phenoxy) is 1. The first-order valence-electron chi connectivity index (χ1n) is 6.91. The molecule has 19 heavy (non-hydrogen) atoms. The second-order valence-electron chi connectivity index (χ2n) is 5.27. The van der Waals surface area contributed by atoms with Crippen molar-refractivity contribution < 1.29 is 14.6 Å². The lowest BCUT2D eigenvalue weighted by molar-refractivity contribution is -0.146. The zero-order chi connectivity index (χ0) is 13.2. The number of aliphatic carboxylic acids is 1. The molecule has 2 heterocycles. The van der Waals surface area contributed by atoms with Crippen molar-refractivity contribution in [2.24, 2.45) is 0 Å². The van der Waals surface area contributed by atoms with Crippen LogP contribution in [0.25, 0.3) is 0 Å². The molecule has 0 bridgehead atoms. The quantitative estimate of drug-likeness (QED) is 0.882. The zero-order valence-corrected chi connectivity index (χ0v) is 10.9. The third-order valence-corrected chi connectivity index (χ3v) is 4.21. The third kappa shape index (κ3) is 2.38. The molecule has 0 amide bonds. The van der Waals surface area contributed by atoms with E-state index >= 15 is 0 Å². The van der Waals surface area contributed by atoms with E-state index in [0.29, 0.717) is 6.04 Å². The lowest BCUT2D eigenvalue weighted by Crippen LogP contribution is -2.47. The Kier molecular flexibility index (Phi) is 3.53. The molecule has 1 unspecified atom stereocenters. The molecule has 1 aromatic carbocycles. The van der Waals surface area contributed by atoms with Crippen molar-refractivity contribution in [2.75, 3.05) is 19.8 Å². The fourth-order valence-corrected chi connectivity index (χ4v) is 3.27. The second kappa shape index (κ2) is 5.31. The summed E-state index contributed by atoms with van der Waals surface area (Å²) < 4.78 is 5.38. The summed E-state index contributed by atoms with van der Waals surface area (Å²) in [7, 11) is 0. The lowest BCUT2D eigenvalue weighted by Gasteiger charge is -2.41. The molecular weight excluding hydrogens is 242 g/mol. The van der Waals surface area contributed by atoms with Gasteiger partial charge in [0.05, 0.1) is 0 Å². The highest BCUT2D eigenvalue weighted by Crippen LogP contribution is 2.33. The van der Waals surface area contributed by atoms with Crippen molar-refractivity contribution >= 4 is 5.97 Å². The van der Waals surface area contributed by atoms with Gasteiger partial charge in [-0.25, -0.2) is 0 Å². The predicted molar refractivity (Wildman–Crippen MR) is 71.1 cm³/mol. The van der Waals surface area contributed by atoms with E-state index in [-0.39, 0.29) is 0 Å². The van der Waals surface area contributed by atoms with E-state index < -0.39 is 12.0 Å². The minimum Gasteiger partial charge on any atom is -0.480 e. The number of carbonyl (C=O) groups is 1. The Morgan fingerprint density at radius 1 is 1.26 bits per heavy atom. The molecular formula is C15H19NO3. The fourth-order valence-electron chi connectivity index (χ4n) is 3.27. The highest BCUT2D eigenvalue weighted by Gasteiger charge is 2.37. The highest BCUT2D eigenvalue weighted by atomic mass is 16.5. The number of rotatable bonds is 2. The van der Waals surface area contributed by atoms with Crippen molar-refractivity contribution in [1.29, 1.82) is 0 Å². The van der Waals surface area contributed by atoms with Crippen LogP contribution in [0.2, 0.25) is 0 Å². The Morgan fingerprint density at radius 3 is 2.74 bits per heavy atom. The molecule has 0 radical (unpaired) electrons. The van der Waals surface area contributed by atoms with Crippen molar-refractivity contribution in [2.45, 2.75) is 31.3 Å². The zero-order valence-electron chi connectivity index (χ0n) is 10.9. The van der Waals surface area contributed by atoms with Crippen LogP contribution in [0.5, 0.6) is 0 Å². The van der Waals surface area contributed by atoms with E-state index in [1.807, 2.05) is 24.3 Å². The third-order valence-electron chi connectivity index (χ3n) is 4.21. The largest absolute Gasteiger partial charge is 0.480 e. The molecule has 4 nitrogen and oxygen atoms in total. The molecule has 4 heteroatoms. The molecule has 0 aliphatic carbocycles. The molecule has 1 saturated heterocycles. The maximum atomic E-state index is 11.7. The number of fused-ring (bicyclic) bond motifs is 1. The first-order valence-corrected chi connectivity index (χ1v) is 6.91.